The molecule has 1 unspecified atom stereocenters. The van der Waals surface area contributed by atoms with Crippen LogP contribution in [0.25, 0.3) is 0 Å². The van der Waals surface area contributed by atoms with Crippen LogP contribution in [0.4, 0.5) is 4.79 Å². The standard InChI is InChI=1S/C13H18N4O3/c1-3-5-15-13(18)17-6-4-10(9-17)20-12-8-14-7-11(16-12)19-2/h3,7-8,10H,1,4-6,9H2,2H3,(H,15,18). The van der Waals surface area contributed by atoms with Crippen molar-refractivity contribution in [3.8, 4) is 11.8 Å². The molecule has 0 bridgehead atoms. The predicted molar refractivity (Wildman–Crippen MR) is 72.8 cm³/mol. The zero-order valence-electron chi connectivity index (χ0n) is 11.4. The molecule has 7 heteroatoms. The molecule has 7 nitrogen and oxygen atoms in total. The van der Waals surface area contributed by atoms with E-state index in [1.54, 1.807) is 11.0 Å². The van der Waals surface area contributed by atoms with Crippen molar-refractivity contribution in [2.45, 2.75) is 12.5 Å². The molecule has 2 amide bonds. The fourth-order valence-corrected chi connectivity index (χ4v) is 1.94. The number of carbonyl (C=O) groups excluding carboxylic acids is 1. The smallest absolute Gasteiger partial charge is 0.317 e. The van der Waals surface area contributed by atoms with Gasteiger partial charge in [-0.1, -0.05) is 6.08 Å². The third kappa shape index (κ3) is 3.59. The van der Waals surface area contributed by atoms with Gasteiger partial charge in [-0.25, -0.2) is 4.79 Å². The molecule has 0 radical (unpaired) electrons. The van der Waals surface area contributed by atoms with Crippen LogP contribution in [0.2, 0.25) is 0 Å². The lowest BCUT2D eigenvalue weighted by Crippen LogP contribution is -2.39. The number of methoxy groups -OCH3 is 1. The van der Waals surface area contributed by atoms with Crippen molar-refractivity contribution < 1.29 is 14.3 Å². The van der Waals surface area contributed by atoms with E-state index in [0.29, 0.717) is 31.4 Å². The zero-order valence-corrected chi connectivity index (χ0v) is 11.4. The largest absolute Gasteiger partial charge is 0.480 e. The van der Waals surface area contributed by atoms with E-state index in [1.807, 2.05) is 0 Å². The maximum atomic E-state index is 11.8. The lowest BCUT2D eigenvalue weighted by molar-refractivity contribution is 0.182. The number of nitrogens with one attached hydrogen (secondary N) is 1. The van der Waals surface area contributed by atoms with E-state index in [-0.39, 0.29) is 12.1 Å². The van der Waals surface area contributed by atoms with Gasteiger partial charge in [-0.2, -0.15) is 4.98 Å². The van der Waals surface area contributed by atoms with Crippen molar-refractivity contribution in [2.24, 2.45) is 0 Å². The Balaban J connectivity index is 1.86. The Kier molecular flexibility index (Phi) is 4.75. The van der Waals surface area contributed by atoms with Gasteiger partial charge in [-0.05, 0) is 0 Å². The Morgan fingerprint density at radius 2 is 2.40 bits per heavy atom. The maximum Gasteiger partial charge on any atom is 0.317 e. The van der Waals surface area contributed by atoms with E-state index >= 15 is 0 Å². The van der Waals surface area contributed by atoms with Gasteiger partial charge in [0.25, 0.3) is 0 Å². The topological polar surface area (TPSA) is 76.6 Å². The highest BCUT2D eigenvalue weighted by molar-refractivity contribution is 5.74. The molecule has 0 spiro atoms. The van der Waals surface area contributed by atoms with E-state index in [0.717, 1.165) is 6.42 Å². The second-order valence-corrected chi connectivity index (χ2v) is 4.35. The SMILES string of the molecule is C=CCNC(=O)N1CCC(Oc2cncc(OC)n2)C1. The molecule has 1 N–H and O–H groups in total. The van der Waals surface area contributed by atoms with Gasteiger partial charge in [0.1, 0.15) is 6.10 Å². The highest BCUT2D eigenvalue weighted by atomic mass is 16.5. The fraction of sp³-hybridized carbons (Fsp3) is 0.462. The predicted octanol–water partition coefficient (Wildman–Crippen LogP) is 0.834. The average molecular weight is 278 g/mol. The molecule has 0 aromatic carbocycles. The van der Waals surface area contributed by atoms with Gasteiger partial charge in [-0.15, -0.1) is 6.58 Å². The molecular weight excluding hydrogens is 260 g/mol. The molecule has 1 aromatic rings. The first-order valence-electron chi connectivity index (χ1n) is 6.39. The van der Waals surface area contributed by atoms with Gasteiger partial charge in [0.05, 0.1) is 26.0 Å². The van der Waals surface area contributed by atoms with Crippen LogP contribution in [0.1, 0.15) is 6.42 Å². The van der Waals surface area contributed by atoms with Crippen LogP contribution >= 0.6 is 0 Å². The molecule has 1 aromatic heterocycles. The number of hydrogen-bond acceptors (Lipinski definition) is 5. The van der Waals surface area contributed by atoms with Crippen LogP contribution in [-0.4, -0.2) is 53.7 Å². The van der Waals surface area contributed by atoms with Gasteiger partial charge in [0.15, 0.2) is 0 Å². The zero-order chi connectivity index (χ0) is 14.4. The van der Waals surface area contributed by atoms with Crippen LogP contribution < -0.4 is 14.8 Å². The molecule has 1 aliphatic rings. The molecule has 0 saturated carbocycles. The minimum Gasteiger partial charge on any atom is -0.480 e. The summed E-state index contributed by atoms with van der Waals surface area (Å²) >= 11 is 0. The fourth-order valence-electron chi connectivity index (χ4n) is 1.94. The van der Waals surface area contributed by atoms with Crippen LogP contribution in [0, 0.1) is 0 Å². The Morgan fingerprint density at radius 1 is 1.60 bits per heavy atom. The molecule has 1 fully saturated rings. The van der Waals surface area contributed by atoms with Gasteiger partial charge >= 0.3 is 6.03 Å². The molecule has 20 heavy (non-hydrogen) atoms. The first-order valence-corrected chi connectivity index (χ1v) is 6.39. The number of amides is 2. The number of rotatable bonds is 5. The molecule has 108 valence electrons. The van der Waals surface area contributed by atoms with Crippen molar-refractivity contribution in [2.75, 3.05) is 26.7 Å². The molecular formula is C13H18N4O3. The second kappa shape index (κ2) is 6.74. The average Bonchev–Trinajstić information content (AvgIpc) is 2.93. The molecule has 0 aliphatic carbocycles. The molecule has 2 rings (SSSR count). The van der Waals surface area contributed by atoms with Crippen molar-refractivity contribution in [3.63, 3.8) is 0 Å². The van der Waals surface area contributed by atoms with E-state index < -0.39 is 0 Å². The molecule has 1 saturated heterocycles. The Morgan fingerprint density at radius 3 is 3.15 bits per heavy atom. The van der Waals surface area contributed by atoms with Gasteiger partial charge in [0.2, 0.25) is 11.8 Å². The summed E-state index contributed by atoms with van der Waals surface area (Å²) in [6, 6.07) is -0.104. The van der Waals surface area contributed by atoms with Crippen LogP contribution in [-0.2, 0) is 0 Å². The van der Waals surface area contributed by atoms with Gasteiger partial charge in [0, 0.05) is 19.5 Å². The number of carbonyl (C=O) groups is 1. The summed E-state index contributed by atoms with van der Waals surface area (Å²) in [5, 5.41) is 2.74. The highest BCUT2D eigenvalue weighted by Gasteiger charge is 2.27. The normalized spacial score (nSPS) is 17.6. The number of ether oxygens (including phenoxy) is 2. The molecule has 1 aliphatic heterocycles. The first kappa shape index (κ1) is 14.1. The Bertz CT molecular complexity index is 480. The number of likely N-dealkylation sites (tertiary alicyclic amines) is 1. The Labute approximate surface area is 117 Å². The lowest BCUT2D eigenvalue weighted by Gasteiger charge is -2.17. The number of nitrogens with zero attached hydrogens (tertiary/aromatic N) is 3. The molecule has 1 atom stereocenters. The van der Waals surface area contributed by atoms with Crippen molar-refractivity contribution in [1.82, 2.24) is 20.2 Å². The lowest BCUT2D eigenvalue weighted by atomic mass is 10.3. The third-order valence-electron chi connectivity index (χ3n) is 2.92. The van der Waals surface area contributed by atoms with Crippen molar-refractivity contribution in [3.05, 3.63) is 25.0 Å². The van der Waals surface area contributed by atoms with E-state index in [9.17, 15) is 4.79 Å². The number of urea groups is 1. The summed E-state index contributed by atoms with van der Waals surface area (Å²) in [6.45, 7) is 5.21. The first-order chi connectivity index (χ1) is 9.72. The number of aromatic nitrogens is 2. The van der Waals surface area contributed by atoms with Crippen molar-refractivity contribution >= 4 is 6.03 Å². The summed E-state index contributed by atoms with van der Waals surface area (Å²) in [6.07, 6.45) is 5.37. The summed E-state index contributed by atoms with van der Waals surface area (Å²) in [7, 11) is 1.52. The highest BCUT2D eigenvalue weighted by Crippen LogP contribution is 2.17. The van der Waals surface area contributed by atoms with Crippen LogP contribution in [0.3, 0.4) is 0 Å². The molecule has 2 heterocycles. The summed E-state index contributed by atoms with van der Waals surface area (Å²) in [5.41, 5.74) is 0. The quantitative estimate of drug-likeness (QED) is 0.807. The second-order valence-electron chi connectivity index (χ2n) is 4.35. The van der Waals surface area contributed by atoms with E-state index in [1.165, 1.54) is 19.5 Å². The number of hydrogen-bond donors (Lipinski definition) is 1. The summed E-state index contributed by atoms with van der Waals surface area (Å²) < 4.78 is 10.7. The van der Waals surface area contributed by atoms with Gasteiger partial charge in [-0.3, -0.25) is 4.98 Å². The monoisotopic (exact) mass is 278 g/mol. The van der Waals surface area contributed by atoms with Crippen LogP contribution in [0.5, 0.6) is 11.8 Å². The van der Waals surface area contributed by atoms with Crippen LogP contribution in [0.15, 0.2) is 25.0 Å². The van der Waals surface area contributed by atoms with E-state index in [4.69, 9.17) is 9.47 Å². The van der Waals surface area contributed by atoms with Gasteiger partial charge < -0.3 is 19.7 Å². The maximum absolute atomic E-state index is 11.8. The van der Waals surface area contributed by atoms with E-state index in [2.05, 4.69) is 21.9 Å². The minimum atomic E-state index is -0.104. The third-order valence-corrected chi connectivity index (χ3v) is 2.92. The Hall–Kier alpha value is -2.31. The summed E-state index contributed by atoms with van der Waals surface area (Å²) in [4.78, 5) is 21.6. The summed E-state index contributed by atoms with van der Waals surface area (Å²) in [5.74, 6) is 0.809. The minimum absolute atomic E-state index is 0.0779. The van der Waals surface area contributed by atoms with Crippen molar-refractivity contribution in [1.29, 1.82) is 0 Å².